The largest absolute Gasteiger partial charge is 0.497 e. The quantitative estimate of drug-likeness (QED) is 0.220. The maximum absolute atomic E-state index is 12.8. The van der Waals surface area contributed by atoms with E-state index in [2.05, 4.69) is 15.6 Å². The highest BCUT2D eigenvalue weighted by Gasteiger charge is 2.13. The second-order valence-corrected chi connectivity index (χ2v) is 8.69. The highest BCUT2D eigenvalue weighted by atomic mass is 32.2. The number of ether oxygens (including phenoxy) is 1. The molecule has 0 saturated carbocycles. The third-order valence-electron chi connectivity index (χ3n) is 4.98. The number of aliphatic imine (C=N–C) groups is 1. The van der Waals surface area contributed by atoms with Crippen molar-refractivity contribution in [3.05, 3.63) is 96.6 Å². The molecule has 3 N–H and O–H groups in total. The maximum Gasteiger partial charge on any atom is 0.294 e. The van der Waals surface area contributed by atoms with Gasteiger partial charge in [0, 0.05) is 16.6 Å². The molecule has 8 nitrogen and oxygen atoms in total. The summed E-state index contributed by atoms with van der Waals surface area (Å²) < 4.78 is 37.9. The van der Waals surface area contributed by atoms with Crippen molar-refractivity contribution >= 4 is 44.1 Å². The molecule has 0 spiro atoms. The third kappa shape index (κ3) is 5.40. The molecule has 0 heterocycles. The monoisotopic (exact) mass is 475 g/mol. The Morgan fingerprint density at radius 3 is 2.32 bits per heavy atom. The molecule has 4 aromatic rings. The van der Waals surface area contributed by atoms with Crippen molar-refractivity contribution in [3.63, 3.8) is 0 Å². The van der Waals surface area contributed by atoms with E-state index in [4.69, 9.17) is 4.74 Å². The average Bonchev–Trinajstić information content (AvgIpc) is 2.84. The molecule has 0 aliphatic heterocycles. The number of hydrogen-bond donors (Lipinski definition) is 3. The van der Waals surface area contributed by atoms with Crippen LogP contribution in [0, 0.1) is 0 Å². The van der Waals surface area contributed by atoms with E-state index in [1.807, 2.05) is 6.07 Å². The molecule has 0 unspecified atom stereocenters. The minimum Gasteiger partial charge on any atom is -0.497 e. The number of fused-ring (bicyclic) bond motifs is 1. The molecule has 4 aromatic carbocycles. The van der Waals surface area contributed by atoms with Gasteiger partial charge in [-0.3, -0.25) is 14.7 Å². The smallest absolute Gasteiger partial charge is 0.294 e. The number of hydrogen-bond acceptors (Lipinski definition) is 5. The summed E-state index contributed by atoms with van der Waals surface area (Å²) in [6.45, 7) is 0. The Hall–Kier alpha value is -4.21. The molecular weight excluding hydrogens is 454 g/mol. The Kier molecular flexibility index (Phi) is 6.58. The number of amides is 1. The van der Waals surface area contributed by atoms with Crippen LogP contribution in [0.4, 0.5) is 11.4 Å². The van der Waals surface area contributed by atoms with E-state index in [9.17, 15) is 17.8 Å². The molecule has 34 heavy (non-hydrogen) atoms. The van der Waals surface area contributed by atoms with Crippen molar-refractivity contribution in [1.82, 2.24) is 5.32 Å². The Bertz CT molecular complexity index is 1470. The zero-order valence-corrected chi connectivity index (χ0v) is 18.9. The van der Waals surface area contributed by atoms with E-state index in [-0.39, 0.29) is 16.8 Å². The van der Waals surface area contributed by atoms with Gasteiger partial charge in [-0.05, 0) is 60.0 Å². The molecule has 4 rings (SSSR count). The summed E-state index contributed by atoms with van der Waals surface area (Å²) in [7, 11) is -2.83. The van der Waals surface area contributed by atoms with Crippen molar-refractivity contribution in [1.29, 1.82) is 0 Å². The van der Waals surface area contributed by atoms with Gasteiger partial charge < -0.3 is 10.1 Å². The van der Waals surface area contributed by atoms with E-state index in [0.717, 1.165) is 0 Å². The van der Waals surface area contributed by atoms with E-state index < -0.39 is 10.1 Å². The van der Waals surface area contributed by atoms with Crippen molar-refractivity contribution in [3.8, 4) is 5.75 Å². The summed E-state index contributed by atoms with van der Waals surface area (Å²) in [4.78, 5) is 17.2. The summed E-state index contributed by atoms with van der Waals surface area (Å²) in [5, 5.41) is 7.05. The van der Waals surface area contributed by atoms with Crippen molar-refractivity contribution in [2.24, 2.45) is 4.99 Å². The number of rotatable bonds is 5. The molecule has 0 aliphatic carbocycles. The molecule has 0 saturated heterocycles. The van der Waals surface area contributed by atoms with Crippen molar-refractivity contribution in [2.75, 3.05) is 12.4 Å². The van der Waals surface area contributed by atoms with Crippen LogP contribution in [-0.2, 0) is 10.1 Å². The Morgan fingerprint density at radius 2 is 1.65 bits per heavy atom. The van der Waals surface area contributed by atoms with Crippen LogP contribution in [0.25, 0.3) is 10.8 Å². The zero-order valence-electron chi connectivity index (χ0n) is 18.1. The van der Waals surface area contributed by atoms with Gasteiger partial charge in [0.1, 0.15) is 5.75 Å². The van der Waals surface area contributed by atoms with Crippen LogP contribution in [-0.4, -0.2) is 31.9 Å². The number of methoxy groups -OCH3 is 1. The molecule has 172 valence electrons. The summed E-state index contributed by atoms with van der Waals surface area (Å²) >= 11 is 0. The number of anilines is 1. The van der Waals surface area contributed by atoms with Crippen LogP contribution >= 0.6 is 0 Å². The first-order valence-electron chi connectivity index (χ1n) is 10.2. The summed E-state index contributed by atoms with van der Waals surface area (Å²) in [6.07, 6.45) is 0. The van der Waals surface area contributed by atoms with E-state index in [0.29, 0.717) is 33.5 Å². The zero-order chi connectivity index (χ0) is 24.1. The fraction of sp³-hybridized carbons (Fsp3) is 0.0400. The number of benzene rings is 4. The normalized spacial score (nSPS) is 11.8. The maximum atomic E-state index is 12.8. The van der Waals surface area contributed by atoms with Gasteiger partial charge in [-0.2, -0.15) is 8.42 Å². The van der Waals surface area contributed by atoms with Crippen LogP contribution in [0.5, 0.6) is 5.75 Å². The predicted octanol–water partition coefficient (Wildman–Crippen LogP) is 4.62. The Balaban J connectivity index is 1.77. The first-order chi connectivity index (χ1) is 16.3. The van der Waals surface area contributed by atoms with Gasteiger partial charge >= 0.3 is 0 Å². The van der Waals surface area contributed by atoms with Gasteiger partial charge in [0.25, 0.3) is 16.0 Å². The number of nitrogens with zero attached hydrogens (tertiary/aromatic N) is 1. The fourth-order valence-corrected chi connectivity index (χ4v) is 3.79. The predicted molar refractivity (Wildman–Crippen MR) is 131 cm³/mol. The van der Waals surface area contributed by atoms with Gasteiger partial charge in [0.05, 0.1) is 17.7 Å². The molecule has 9 heteroatoms. The molecule has 1 amide bonds. The first kappa shape index (κ1) is 23.0. The van der Waals surface area contributed by atoms with Gasteiger partial charge in [-0.1, -0.05) is 36.4 Å². The topological polar surface area (TPSA) is 117 Å². The number of carbonyl (C=O) groups is 1. The summed E-state index contributed by atoms with van der Waals surface area (Å²) in [5.41, 5.74) is 1.48. The Morgan fingerprint density at radius 1 is 0.912 bits per heavy atom. The molecule has 0 aromatic heterocycles. The van der Waals surface area contributed by atoms with Crippen LogP contribution < -0.4 is 15.4 Å². The van der Waals surface area contributed by atoms with E-state index in [1.165, 1.54) is 12.1 Å². The summed E-state index contributed by atoms with van der Waals surface area (Å²) in [6, 6.07) is 25.2. The standard InChI is InChI=1S/C25H21N3O5S/c1-33-20-13-11-19(12-14-20)26-25(28-24(29)18-6-3-2-4-7-18)27-23-9-5-8-17-10-15-21(16-22(17)23)34(30,31)32/h2-16H,1H3,(H,30,31,32)(H2,26,27,28,29). The number of guanidine groups is 1. The van der Waals surface area contributed by atoms with Gasteiger partial charge in [-0.25, -0.2) is 4.99 Å². The minimum atomic E-state index is -4.40. The molecule has 0 bridgehead atoms. The lowest BCUT2D eigenvalue weighted by Gasteiger charge is -2.13. The lowest BCUT2D eigenvalue weighted by Crippen LogP contribution is -2.35. The van der Waals surface area contributed by atoms with Crippen LogP contribution in [0.1, 0.15) is 10.4 Å². The first-order valence-corrected chi connectivity index (χ1v) is 11.6. The number of carbonyl (C=O) groups excluding carboxylic acids is 1. The molecule has 0 aliphatic rings. The second kappa shape index (κ2) is 9.74. The molecule has 0 atom stereocenters. The lowest BCUT2D eigenvalue weighted by molar-refractivity contribution is 0.0977. The fourth-order valence-electron chi connectivity index (χ4n) is 3.28. The molecule has 0 fully saturated rings. The van der Waals surface area contributed by atoms with E-state index >= 15 is 0 Å². The number of nitrogens with one attached hydrogen (secondary N) is 2. The third-order valence-corrected chi connectivity index (χ3v) is 5.83. The van der Waals surface area contributed by atoms with Crippen LogP contribution in [0.2, 0.25) is 0 Å². The lowest BCUT2D eigenvalue weighted by atomic mass is 10.1. The second-order valence-electron chi connectivity index (χ2n) is 7.27. The van der Waals surface area contributed by atoms with Gasteiger partial charge in [0.2, 0.25) is 5.96 Å². The van der Waals surface area contributed by atoms with Crippen LogP contribution in [0.3, 0.4) is 0 Å². The van der Waals surface area contributed by atoms with Gasteiger partial charge in [0.15, 0.2) is 0 Å². The van der Waals surface area contributed by atoms with Crippen molar-refractivity contribution < 1.29 is 22.5 Å². The minimum absolute atomic E-state index is 0.128. The SMILES string of the molecule is COc1ccc(NC(=Nc2cccc3ccc(S(=O)(=O)O)cc23)NC(=O)c2ccccc2)cc1. The van der Waals surface area contributed by atoms with Crippen LogP contribution in [0.15, 0.2) is 101 Å². The Labute approximate surface area is 196 Å². The van der Waals surface area contributed by atoms with Gasteiger partial charge in [-0.15, -0.1) is 0 Å². The highest BCUT2D eigenvalue weighted by Crippen LogP contribution is 2.28. The average molecular weight is 476 g/mol. The van der Waals surface area contributed by atoms with E-state index in [1.54, 1.807) is 79.9 Å². The highest BCUT2D eigenvalue weighted by molar-refractivity contribution is 7.85. The molecular formula is C25H21N3O5S. The van der Waals surface area contributed by atoms with Crippen molar-refractivity contribution in [2.45, 2.75) is 4.90 Å². The summed E-state index contributed by atoms with van der Waals surface area (Å²) in [5.74, 6) is 0.423. The molecule has 0 radical (unpaired) electrons.